The zero-order valence-electron chi connectivity index (χ0n) is 19.8. The number of allylic oxidation sites excluding steroid dienone is 1. The van der Waals surface area contributed by atoms with E-state index < -0.39 is 0 Å². The highest BCUT2D eigenvalue weighted by atomic mass is 16.5. The van der Waals surface area contributed by atoms with Gasteiger partial charge in [0.15, 0.2) is 17.3 Å². The number of methoxy groups -OCH3 is 4. The van der Waals surface area contributed by atoms with E-state index in [1.54, 1.807) is 58.8 Å². The average molecular weight is 462 g/mol. The SMILES string of the molecule is COc1cc(OC)c(OC)cc1/C=C1\Oc2c(ccc(OCc3ccccc3OC)c2C)C1=O. The van der Waals surface area contributed by atoms with Gasteiger partial charge in [-0.1, -0.05) is 18.2 Å². The van der Waals surface area contributed by atoms with Gasteiger partial charge in [-0.25, -0.2) is 0 Å². The second-order valence-electron chi connectivity index (χ2n) is 7.55. The smallest absolute Gasteiger partial charge is 0.231 e. The average Bonchev–Trinajstić information content (AvgIpc) is 3.19. The first kappa shape index (κ1) is 23.0. The maximum Gasteiger partial charge on any atom is 0.231 e. The number of ketones is 1. The topological polar surface area (TPSA) is 72.5 Å². The standard InChI is InChI=1S/C27H26O7/c1-16-20(33-15-17-8-6-7-9-21(17)29-2)11-10-19-26(28)25(34-27(16)19)13-18-12-23(31-4)24(32-5)14-22(18)30-3/h6-14H,15H2,1-5H3/b25-13-. The third-order valence-corrected chi connectivity index (χ3v) is 5.63. The van der Waals surface area contributed by atoms with Gasteiger partial charge in [-0.05, 0) is 37.3 Å². The van der Waals surface area contributed by atoms with Crippen LogP contribution in [-0.2, 0) is 6.61 Å². The summed E-state index contributed by atoms with van der Waals surface area (Å²) < 4.78 is 33.6. The molecule has 0 amide bonds. The van der Waals surface area contributed by atoms with Crippen LogP contribution in [0, 0.1) is 6.92 Å². The Hall–Kier alpha value is -4.13. The number of carbonyl (C=O) groups excluding carboxylic acids is 1. The molecule has 1 heterocycles. The summed E-state index contributed by atoms with van der Waals surface area (Å²) in [6.07, 6.45) is 1.64. The molecule has 0 bridgehead atoms. The van der Waals surface area contributed by atoms with Crippen molar-refractivity contribution in [3.05, 3.63) is 76.5 Å². The molecule has 0 atom stereocenters. The normalized spacial score (nSPS) is 13.3. The number of benzene rings is 3. The highest BCUT2D eigenvalue weighted by Gasteiger charge is 2.30. The number of fused-ring (bicyclic) bond motifs is 1. The number of rotatable bonds is 8. The largest absolute Gasteiger partial charge is 0.496 e. The molecule has 3 aromatic carbocycles. The Bertz CT molecular complexity index is 1260. The van der Waals surface area contributed by atoms with E-state index in [1.807, 2.05) is 31.2 Å². The molecule has 0 aliphatic carbocycles. The Labute approximate surface area is 198 Å². The fourth-order valence-electron chi connectivity index (χ4n) is 3.81. The molecule has 0 aromatic heterocycles. The molecule has 0 unspecified atom stereocenters. The lowest BCUT2D eigenvalue weighted by molar-refractivity contribution is 0.101. The van der Waals surface area contributed by atoms with Crippen molar-refractivity contribution in [2.24, 2.45) is 0 Å². The van der Waals surface area contributed by atoms with Crippen LogP contribution in [0.25, 0.3) is 6.08 Å². The monoisotopic (exact) mass is 462 g/mol. The van der Waals surface area contributed by atoms with Crippen molar-refractivity contribution >= 4 is 11.9 Å². The Kier molecular flexibility index (Phi) is 6.63. The first-order valence-corrected chi connectivity index (χ1v) is 10.6. The summed E-state index contributed by atoms with van der Waals surface area (Å²) >= 11 is 0. The quantitative estimate of drug-likeness (QED) is 0.425. The summed E-state index contributed by atoms with van der Waals surface area (Å²) in [6, 6.07) is 14.6. The second-order valence-corrected chi connectivity index (χ2v) is 7.55. The number of ether oxygens (including phenoxy) is 6. The van der Waals surface area contributed by atoms with E-state index in [2.05, 4.69) is 0 Å². The lowest BCUT2D eigenvalue weighted by atomic mass is 10.1. The van der Waals surface area contributed by atoms with Gasteiger partial charge in [-0.3, -0.25) is 4.79 Å². The summed E-state index contributed by atoms with van der Waals surface area (Å²) in [5, 5.41) is 0. The fraction of sp³-hybridized carbons (Fsp3) is 0.222. The van der Waals surface area contributed by atoms with Gasteiger partial charge in [0.05, 0.1) is 34.0 Å². The molecule has 0 fully saturated rings. The molecule has 0 saturated carbocycles. The van der Waals surface area contributed by atoms with Crippen LogP contribution in [0.2, 0.25) is 0 Å². The summed E-state index contributed by atoms with van der Waals surface area (Å²) in [4.78, 5) is 13.1. The Balaban J connectivity index is 1.62. The first-order chi connectivity index (χ1) is 16.5. The Morgan fingerprint density at radius 2 is 1.47 bits per heavy atom. The molecule has 7 heteroatoms. The summed E-state index contributed by atoms with van der Waals surface area (Å²) in [5.74, 6) is 3.39. The van der Waals surface area contributed by atoms with Crippen molar-refractivity contribution < 1.29 is 33.2 Å². The van der Waals surface area contributed by atoms with Crippen LogP contribution >= 0.6 is 0 Å². The van der Waals surface area contributed by atoms with Gasteiger partial charge in [0.2, 0.25) is 5.78 Å². The van der Waals surface area contributed by atoms with Gasteiger partial charge in [-0.15, -0.1) is 0 Å². The van der Waals surface area contributed by atoms with Crippen LogP contribution in [0.3, 0.4) is 0 Å². The first-order valence-electron chi connectivity index (χ1n) is 10.6. The molecule has 0 spiro atoms. The second kappa shape index (κ2) is 9.79. The number of hydrogen-bond acceptors (Lipinski definition) is 7. The van der Waals surface area contributed by atoms with Crippen molar-refractivity contribution in [3.63, 3.8) is 0 Å². The molecule has 7 nitrogen and oxygen atoms in total. The van der Waals surface area contributed by atoms with E-state index in [-0.39, 0.29) is 11.5 Å². The van der Waals surface area contributed by atoms with Crippen LogP contribution in [0.5, 0.6) is 34.5 Å². The lowest BCUT2D eigenvalue weighted by Crippen LogP contribution is -2.00. The zero-order valence-corrected chi connectivity index (χ0v) is 19.8. The van der Waals surface area contributed by atoms with Crippen LogP contribution in [-0.4, -0.2) is 34.2 Å². The fourth-order valence-corrected chi connectivity index (χ4v) is 3.81. The van der Waals surface area contributed by atoms with E-state index >= 15 is 0 Å². The van der Waals surface area contributed by atoms with Crippen LogP contribution in [0.4, 0.5) is 0 Å². The van der Waals surface area contributed by atoms with Crippen LogP contribution in [0.15, 0.2) is 54.3 Å². The van der Waals surface area contributed by atoms with E-state index in [1.165, 1.54) is 0 Å². The number of Topliss-reactive ketones (excluding diaryl/α,β-unsaturated/α-hetero) is 1. The molecule has 34 heavy (non-hydrogen) atoms. The van der Waals surface area contributed by atoms with Crippen molar-refractivity contribution in [3.8, 4) is 34.5 Å². The lowest BCUT2D eigenvalue weighted by Gasteiger charge is -2.13. The van der Waals surface area contributed by atoms with E-state index in [0.717, 1.165) is 16.9 Å². The van der Waals surface area contributed by atoms with Crippen molar-refractivity contribution in [2.45, 2.75) is 13.5 Å². The van der Waals surface area contributed by atoms with Gasteiger partial charge >= 0.3 is 0 Å². The van der Waals surface area contributed by atoms with Gasteiger partial charge in [0, 0.05) is 22.8 Å². The van der Waals surface area contributed by atoms with Gasteiger partial charge in [-0.2, -0.15) is 0 Å². The highest BCUT2D eigenvalue weighted by Crippen LogP contribution is 2.41. The maximum atomic E-state index is 13.1. The minimum atomic E-state index is -0.216. The molecular weight excluding hydrogens is 436 g/mol. The highest BCUT2D eigenvalue weighted by molar-refractivity contribution is 6.15. The van der Waals surface area contributed by atoms with Crippen molar-refractivity contribution in [1.29, 1.82) is 0 Å². The molecule has 1 aliphatic heterocycles. The third-order valence-electron chi connectivity index (χ3n) is 5.63. The molecule has 0 radical (unpaired) electrons. The summed E-state index contributed by atoms with van der Waals surface area (Å²) in [6.45, 7) is 2.19. The molecular formula is C27H26O7. The number of para-hydroxylation sites is 1. The van der Waals surface area contributed by atoms with Crippen LogP contribution < -0.4 is 28.4 Å². The number of carbonyl (C=O) groups is 1. The minimum Gasteiger partial charge on any atom is -0.496 e. The van der Waals surface area contributed by atoms with E-state index in [9.17, 15) is 4.79 Å². The predicted octanol–water partition coefficient (Wildman–Crippen LogP) is 5.22. The number of hydrogen-bond donors (Lipinski definition) is 0. The predicted molar refractivity (Wildman–Crippen MR) is 128 cm³/mol. The molecule has 4 rings (SSSR count). The van der Waals surface area contributed by atoms with Gasteiger partial charge in [0.25, 0.3) is 0 Å². The third kappa shape index (κ3) is 4.24. The molecule has 1 aliphatic rings. The maximum absolute atomic E-state index is 13.1. The van der Waals surface area contributed by atoms with E-state index in [4.69, 9.17) is 28.4 Å². The zero-order chi connectivity index (χ0) is 24.2. The Morgan fingerprint density at radius 3 is 2.18 bits per heavy atom. The molecule has 176 valence electrons. The van der Waals surface area contributed by atoms with Crippen molar-refractivity contribution in [1.82, 2.24) is 0 Å². The minimum absolute atomic E-state index is 0.186. The van der Waals surface area contributed by atoms with E-state index in [0.29, 0.717) is 46.5 Å². The Morgan fingerprint density at radius 1 is 0.794 bits per heavy atom. The van der Waals surface area contributed by atoms with Crippen LogP contribution in [0.1, 0.15) is 27.0 Å². The molecule has 0 N–H and O–H groups in total. The van der Waals surface area contributed by atoms with Gasteiger partial charge < -0.3 is 28.4 Å². The molecule has 0 saturated heterocycles. The van der Waals surface area contributed by atoms with Crippen molar-refractivity contribution in [2.75, 3.05) is 28.4 Å². The summed E-state index contributed by atoms with van der Waals surface area (Å²) in [7, 11) is 6.27. The van der Waals surface area contributed by atoms with Gasteiger partial charge in [0.1, 0.15) is 29.6 Å². The summed E-state index contributed by atoms with van der Waals surface area (Å²) in [5.41, 5.74) is 2.76. The molecule has 3 aromatic rings.